The zero-order valence-electron chi connectivity index (χ0n) is 12.4. The van der Waals surface area contributed by atoms with Crippen LogP contribution in [0.2, 0.25) is 0 Å². The molecule has 0 aliphatic rings. The van der Waals surface area contributed by atoms with E-state index in [4.69, 9.17) is 5.11 Å². The fraction of sp³-hybridized carbons (Fsp3) is 0.375. The van der Waals surface area contributed by atoms with Crippen LogP contribution in [0.3, 0.4) is 0 Å². The smallest absolute Gasteiger partial charge is 0.307 e. The number of carbonyl (C=O) groups is 1. The van der Waals surface area contributed by atoms with Gasteiger partial charge in [0.05, 0.1) is 12.1 Å². The van der Waals surface area contributed by atoms with Gasteiger partial charge in [-0.1, -0.05) is 56.4 Å². The lowest BCUT2D eigenvalue weighted by molar-refractivity contribution is -0.137. The Morgan fingerprint density at radius 3 is 2.38 bits per heavy atom. The highest BCUT2D eigenvalue weighted by atomic mass is 32.1. The van der Waals surface area contributed by atoms with E-state index in [1.807, 2.05) is 12.1 Å². The number of thiazole rings is 1. The largest absolute Gasteiger partial charge is 0.481 e. The molecule has 0 spiro atoms. The summed E-state index contributed by atoms with van der Waals surface area (Å²) in [4.78, 5) is 22.4. The quantitative estimate of drug-likeness (QED) is 0.942. The summed E-state index contributed by atoms with van der Waals surface area (Å²) in [5.41, 5.74) is 3.02. The standard InChI is InChI=1S/C16H19NO3S/c1-16(2,3)12-6-4-11(5-7-12)13-10-21-15(20)17(13)9-8-14(18)19/h4-7,10H,8-9H2,1-3H3,(H,18,19). The lowest BCUT2D eigenvalue weighted by Gasteiger charge is -2.19. The first kappa shape index (κ1) is 15.5. The van der Waals surface area contributed by atoms with E-state index in [0.29, 0.717) is 0 Å². The molecule has 21 heavy (non-hydrogen) atoms. The van der Waals surface area contributed by atoms with E-state index in [-0.39, 0.29) is 23.3 Å². The van der Waals surface area contributed by atoms with Crippen LogP contribution < -0.4 is 4.87 Å². The van der Waals surface area contributed by atoms with Crippen LogP contribution in [-0.4, -0.2) is 15.6 Å². The molecule has 0 saturated carbocycles. The molecule has 0 aliphatic heterocycles. The van der Waals surface area contributed by atoms with Gasteiger partial charge in [-0.3, -0.25) is 14.2 Å². The van der Waals surface area contributed by atoms with Crippen LogP contribution >= 0.6 is 11.3 Å². The molecule has 112 valence electrons. The first-order valence-corrected chi connectivity index (χ1v) is 7.68. The average molecular weight is 305 g/mol. The van der Waals surface area contributed by atoms with Crippen LogP contribution in [0.25, 0.3) is 11.3 Å². The Bertz CT molecular complexity index is 690. The molecule has 0 saturated heterocycles. The Kier molecular flexibility index (Phi) is 4.32. The van der Waals surface area contributed by atoms with E-state index in [1.54, 1.807) is 5.38 Å². The average Bonchev–Trinajstić information content (AvgIpc) is 2.77. The van der Waals surface area contributed by atoms with Gasteiger partial charge in [0.2, 0.25) is 0 Å². The van der Waals surface area contributed by atoms with E-state index in [0.717, 1.165) is 22.6 Å². The number of carboxylic acid groups (broad SMARTS) is 1. The highest BCUT2D eigenvalue weighted by Crippen LogP contribution is 2.26. The van der Waals surface area contributed by atoms with Crippen LogP contribution in [-0.2, 0) is 16.8 Å². The Labute approximate surface area is 127 Å². The summed E-state index contributed by atoms with van der Waals surface area (Å²) in [6.07, 6.45) is -0.0519. The Hall–Kier alpha value is -1.88. The van der Waals surface area contributed by atoms with Gasteiger partial charge in [0.1, 0.15) is 0 Å². The highest BCUT2D eigenvalue weighted by Gasteiger charge is 2.15. The lowest BCUT2D eigenvalue weighted by Crippen LogP contribution is -2.16. The number of rotatable bonds is 4. The first-order valence-electron chi connectivity index (χ1n) is 6.80. The summed E-state index contributed by atoms with van der Waals surface area (Å²) in [6, 6.07) is 8.08. The molecule has 1 aromatic carbocycles. The summed E-state index contributed by atoms with van der Waals surface area (Å²) in [5.74, 6) is -0.901. The molecule has 5 heteroatoms. The van der Waals surface area contributed by atoms with E-state index < -0.39 is 5.97 Å². The molecule has 1 heterocycles. The van der Waals surface area contributed by atoms with Crippen molar-refractivity contribution in [3.8, 4) is 11.3 Å². The molecule has 1 aromatic heterocycles. The summed E-state index contributed by atoms with van der Waals surface area (Å²) < 4.78 is 1.53. The van der Waals surface area contributed by atoms with Crippen LogP contribution in [0.4, 0.5) is 0 Å². The van der Waals surface area contributed by atoms with Gasteiger partial charge in [-0.15, -0.1) is 0 Å². The second-order valence-electron chi connectivity index (χ2n) is 6.01. The molecule has 0 fully saturated rings. The van der Waals surface area contributed by atoms with Crippen molar-refractivity contribution in [2.24, 2.45) is 0 Å². The van der Waals surface area contributed by atoms with Crippen molar-refractivity contribution in [2.45, 2.75) is 39.2 Å². The van der Waals surface area contributed by atoms with Crippen molar-refractivity contribution in [1.29, 1.82) is 0 Å². The second-order valence-corrected chi connectivity index (χ2v) is 6.83. The van der Waals surface area contributed by atoms with Crippen molar-refractivity contribution in [2.75, 3.05) is 0 Å². The molecule has 4 nitrogen and oxygen atoms in total. The minimum absolute atomic E-state index is 0.0519. The van der Waals surface area contributed by atoms with E-state index in [1.165, 1.54) is 10.1 Å². The zero-order valence-corrected chi connectivity index (χ0v) is 13.2. The predicted molar refractivity (Wildman–Crippen MR) is 85.0 cm³/mol. The molecule has 0 amide bonds. The van der Waals surface area contributed by atoms with Crippen molar-refractivity contribution in [3.63, 3.8) is 0 Å². The van der Waals surface area contributed by atoms with E-state index in [2.05, 4.69) is 32.9 Å². The summed E-state index contributed by atoms with van der Waals surface area (Å²) in [6.45, 7) is 6.65. The number of nitrogens with zero attached hydrogens (tertiary/aromatic N) is 1. The zero-order chi connectivity index (χ0) is 15.6. The van der Waals surface area contributed by atoms with E-state index in [9.17, 15) is 9.59 Å². The van der Waals surface area contributed by atoms with Crippen molar-refractivity contribution >= 4 is 17.3 Å². The first-order chi connectivity index (χ1) is 9.79. The molecule has 0 atom stereocenters. The number of aromatic nitrogens is 1. The van der Waals surface area contributed by atoms with Gasteiger partial charge < -0.3 is 5.11 Å². The second kappa shape index (κ2) is 5.85. The number of hydrogen-bond acceptors (Lipinski definition) is 3. The van der Waals surface area contributed by atoms with Gasteiger partial charge >= 0.3 is 10.8 Å². The van der Waals surface area contributed by atoms with Crippen LogP contribution in [0.1, 0.15) is 32.8 Å². The maximum absolute atomic E-state index is 11.8. The Morgan fingerprint density at radius 1 is 1.24 bits per heavy atom. The molecule has 0 radical (unpaired) electrons. The maximum atomic E-state index is 11.8. The number of carboxylic acids is 1. The summed E-state index contributed by atoms with van der Waals surface area (Å²) >= 11 is 1.10. The molecule has 2 aromatic rings. The topological polar surface area (TPSA) is 59.3 Å². The number of aliphatic carboxylic acids is 1. The van der Waals surface area contributed by atoms with Gasteiger partial charge in [-0.25, -0.2) is 0 Å². The van der Waals surface area contributed by atoms with Crippen LogP contribution in [0.5, 0.6) is 0 Å². The predicted octanol–water partition coefficient (Wildman–Crippen LogP) is 3.35. The fourth-order valence-corrected chi connectivity index (χ4v) is 2.91. The summed E-state index contributed by atoms with van der Waals surface area (Å²) in [7, 11) is 0. The van der Waals surface area contributed by atoms with Crippen molar-refractivity contribution < 1.29 is 9.90 Å². The molecule has 1 N–H and O–H groups in total. The Morgan fingerprint density at radius 2 is 1.86 bits per heavy atom. The fourth-order valence-electron chi connectivity index (χ4n) is 2.12. The number of hydrogen-bond donors (Lipinski definition) is 1. The molecule has 0 aliphatic carbocycles. The van der Waals surface area contributed by atoms with Crippen LogP contribution in [0.15, 0.2) is 34.4 Å². The van der Waals surface area contributed by atoms with Crippen molar-refractivity contribution in [1.82, 2.24) is 4.57 Å². The highest BCUT2D eigenvalue weighted by molar-refractivity contribution is 7.07. The minimum Gasteiger partial charge on any atom is -0.481 e. The lowest BCUT2D eigenvalue weighted by atomic mass is 9.86. The third-order valence-electron chi connectivity index (χ3n) is 3.38. The van der Waals surface area contributed by atoms with Gasteiger partial charge in [0.15, 0.2) is 0 Å². The number of benzene rings is 1. The molecular formula is C16H19NO3S. The molecule has 0 bridgehead atoms. The maximum Gasteiger partial charge on any atom is 0.307 e. The SMILES string of the molecule is CC(C)(C)c1ccc(-c2csc(=O)n2CCC(=O)O)cc1. The van der Waals surface area contributed by atoms with Gasteiger partial charge in [0.25, 0.3) is 0 Å². The van der Waals surface area contributed by atoms with Gasteiger partial charge in [-0.2, -0.15) is 0 Å². The molecule has 0 unspecified atom stereocenters. The Balaban J connectivity index is 2.34. The summed E-state index contributed by atoms with van der Waals surface area (Å²) in [5, 5.41) is 10.6. The van der Waals surface area contributed by atoms with Crippen LogP contribution in [0, 0.1) is 0 Å². The molecular weight excluding hydrogens is 286 g/mol. The molecule has 2 rings (SSSR count). The van der Waals surface area contributed by atoms with E-state index >= 15 is 0 Å². The monoisotopic (exact) mass is 305 g/mol. The van der Waals surface area contributed by atoms with Crippen molar-refractivity contribution in [3.05, 3.63) is 44.9 Å². The third-order valence-corrected chi connectivity index (χ3v) is 4.14. The minimum atomic E-state index is -0.901. The van der Waals surface area contributed by atoms with Gasteiger partial charge in [0, 0.05) is 11.9 Å². The third kappa shape index (κ3) is 3.61. The normalized spacial score (nSPS) is 11.6. The van der Waals surface area contributed by atoms with Gasteiger partial charge in [-0.05, 0) is 16.5 Å².